The average Bonchev–Trinajstić information content (AvgIpc) is 2.72. The quantitative estimate of drug-likeness (QED) is 0.745. The van der Waals surface area contributed by atoms with Gasteiger partial charge in [0.25, 0.3) is 0 Å². The van der Waals surface area contributed by atoms with E-state index in [1.165, 1.54) is 5.56 Å². The van der Waals surface area contributed by atoms with Crippen molar-refractivity contribution in [2.45, 2.75) is 6.42 Å². The van der Waals surface area contributed by atoms with Gasteiger partial charge in [0.05, 0.1) is 6.54 Å². The van der Waals surface area contributed by atoms with Crippen LogP contribution in [-0.2, 0) is 6.42 Å². The average molecular weight is 210 g/mol. The summed E-state index contributed by atoms with van der Waals surface area (Å²) in [5.41, 5.74) is 2.16. The minimum atomic E-state index is 0.878. The third-order valence-corrected chi connectivity index (χ3v) is 2.40. The van der Waals surface area contributed by atoms with E-state index >= 15 is 0 Å². The molecule has 1 aliphatic heterocycles. The van der Waals surface area contributed by atoms with Crippen molar-refractivity contribution in [2.24, 2.45) is 4.99 Å². The molecule has 0 amide bonds. The first kappa shape index (κ1) is 9.34. The van der Waals surface area contributed by atoms with Crippen LogP contribution in [0.3, 0.4) is 0 Å². The summed E-state index contributed by atoms with van der Waals surface area (Å²) in [4.78, 5) is 6.91. The number of hydrogen-bond donors (Lipinski definition) is 2. The molecule has 14 heavy (non-hydrogen) atoms. The lowest BCUT2D eigenvalue weighted by Crippen LogP contribution is -2.20. The van der Waals surface area contributed by atoms with E-state index in [9.17, 15) is 0 Å². The van der Waals surface area contributed by atoms with Gasteiger partial charge in [-0.1, -0.05) is 12.1 Å². The third-order valence-electron chi connectivity index (χ3n) is 2.18. The smallest absolute Gasteiger partial charge is 0.101 e. The van der Waals surface area contributed by atoms with Crippen molar-refractivity contribution in [3.63, 3.8) is 0 Å². The minimum absolute atomic E-state index is 0.878. The van der Waals surface area contributed by atoms with Crippen molar-refractivity contribution < 1.29 is 0 Å². The summed E-state index contributed by atoms with van der Waals surface area (Å²) in [6, 6.07) is 8.01. The van der Waals surface area contributed by atoms with Gasteiger partial charge in [-0.15, -0.1) is 0 Å². The molecule has 1 aliphatic rings. The second-order valence-electron chi connectivity index (χ2n) is 3.22. The van der Waals surface area contributed by atoms with E-state index in [-0.39, 0.29) is 0 Å². The molecule has 0 radical (unpaired) electrons. The van der Waals surface area contributed by atoms with Gasteiger partial charge in [-0.2, -0.15) is 0 Å². The third kappa shape index (κ3) is 2.17. The highest BCUT2D eigenvalue weighted by atomic mass is 35.5. The maximum atomic E-state index is 5.46. The Morgan fingerprint density at radius 1 is 1.36 bits per heavy atom. The summed E-state index contributed by atoms with van der Waals surface area (Å²) in [6.07, 6.45) is 0.878. The molecule has 2 N–H and O–H groups in total. The van der Waals surface area contributed by atoms with Crippen LogP contribution in [0.25, 0.3) is 0 Å². The molecular formula is C10H12ClN3. The Labute approximate surface area is 88.3 Å². The number of aliphatic imine (C=N–C) groups is 1. The normalized spacial score (nSPS) is 14.8. The Hall–Kier alpha value is -1.22. The Bertz CT molecular complexity index is 332. The first-order valence-corrected chi connectivity index (χ1v) is 4.99. The van der Waals surface area contributed by atoms with Crippen LogP contribution in [0.1, 0.15) is 5.56 Å². The molecular weight excluding hydrogens is 198 g/mol. The molecule has 0 saturated heterocycles. The van der Waals surface area contributed by atoms with Crippen molar-refractivity contribution in [3.8, 4) is 0 Å². The van der Waals surface area contributed by atoms with E-state index in [1.54, 1.807) is 0 Å². The van der Waals surface area contributed by atoms with Crippen LogP contribution in [0.2, 0.25) is 0 Å². The lowest BCUT2D eigenvalue weighted by Gasteiger charge is -2.03. The monoisotopic (exact) mass is 209 g/mol. The first-order valence-electron chi connectivity index (χ1n) is 4.61. The van der Waals surface area contributed by atoms with Crippen LogP contribution in [0, 0.1) is 0 Å². The zero-order chi connectivity index (χ0) is 9.80. The minimum Gasteiger partial charge on any atom is -0.372 e. The Morgan fingerprint density at radius 3 is 2.71 bits per heavy atom. The second-order valence-corrected chi connectivity index (χ2v) is 3.41. The SMILES string of the molecule is ClNc1ccc(CC2=NCCN2)cc1. The summed E-state index contributed by atoms with van der Waals surface area (Å²) in [7, 11) is 0. The molecule has 0 saturated carbocycles. The van der Waals surface area contributed by atoms with Crippen LogP contribution in [-0.4, -0.2) is 18.9 Å². The number of benzene rings is 1. The van der Waals surface area contributed by atoms with E-state index < -0.39 is 0 Å². The predicted molar refractivity (Wildman–Crippen MR) is 59.9 cm³/mol. The largest absolute Gasteiger partial charge is 0.372 e. The number of hydrogen-bond acceptors (Lipinski definition) is 3. The number of rotatable bonds is 3. The molecule has 0 atom stereocenters. The van der Waals surface area contributed by atoms with Crippen molar-refractivity contribution in [3.05, 3.63) is 29.8 Å². The zero-order valence-corrected chi connectivity index (χ0v) is 8.51. The van der Waals surface area contributed by atoms with Gasteiger partial charge < -0.3 is 5.32 Å². The summed E-state index contributed by atoms with van der Waals surface area (Å²) in [6.45, 7) is 1.87. The number of anilines is 1. The Balaban J connectivity index is 2.02. The number of halogens is 1. The summed E-state index contributed by atoms with van der Waals surface area (Å²) in [5.74, 6) is 1.08. The summed E-state index contributed by atoms with van der Waals surface area (Å²) >= 11 is 5.46. The van der Waals surface area contributed by atoms with Crippen LogP contribution in [0.15, 0.2) is 29.3 Å². The van der Waals surface area contributed by atoms with Crippen molar-refractivity contribution >= 4 is 23.3 Å². The Kier molecular flexibility index (Phi) is 2.89. The fraction of sp³-hybridized carbons (Fsp3) is 0.300. The van der Waals surface area contributed by atoms with Crippen LogP contribution in [0.4, 0.5) is 5.69 Å². The molecule has 0 fully saturated rings. The fourth-order valence-electron chi connectivity index (χ4n) is 1.44. The van der Waals surface area contributed by atoms with Gasteiger partial charge >= 0.3 is 0 Å². The standard InChI is InChI=1S/C10H12ClN3/c11-14-9-3-1-8(2-4-9)7-10-12-5-6-13-10/h1-4,14H,5-7H2,(H,12,13). The lowest BCUT2D eigenvalue weighted by atomic mass is 10.1. The highest BCUT2D eigenvalue weighted by molar-refractivity contribution is 6.23. The van der Waals surface area contributed by atoms with Gasteiger partial charge in [0.1, 0.15) is 5.84 Å². The number of amidine groups is 1. The molecule has 0 aliphatic carbocycles. The van der Waals surface area contributed by atoms with Crippen molar-refractivity contribution in [2.75, 3.05) is 17.9 Å². The molecule has 3 nitrogen and oxygen atoms in total. The van der Waals surface area contributed by atoms with Gasteiger partial charge in [0.2, 0.25) is 0 Å². The Morgan fingerprint density at radius 2 is 2.14 bits per heavy atom. The molecule has 74 valence electrons. The molecule has 1 aromatic carbocycles. The van der Waals surface area contributed by atoms with Gasteiger partial charge in [0, 0.05) is 30.4 Å². The molecule has 1 heterocycles. The molecule has 2 rings (SSSR count). The highest BCUT2D eigenvalue weighted by Crippen LogP contribution is 2.11. The van der Waals surface area contributed by atoms with Crippen LogP contribution < -0.4 is 10.2 Å². The van der Waals surface area contributed by atoms with E-state index in [1.807, 2.05) is 24.3 Å². The number of nitrogens with zero attached hydrogens (tertiary/aromatic N) is 1. The van der Waals surface area contributed by atoms with Crippen molar-refractivity contribution in [1.29, 1.82) is 0 Å². The lowest BCUT2D eigenvalue weighted by molar-refractivity contribution is 0.953. The maximum Gasteiger partial charge on any atom is 0.101 e. The zero-order valence-electron chi connectivity index (χ0n) is 7.76. The van der Waals surface area contributed by atoms with Gasteiger partial charge in [-0.25, -0.2) is 0 Å². The topological polar surface area (TPSA) is 36.4 Å². The van der Waals surface area contributed by atoms with Gasteiger partial charge in [-0.05, 0) is 17.7 Å². The molecule has 4 heteroatoms. The van der Waals surface area contributed by atoms with E-state index in [0.717, 1.165) is 31.0 Å². The summed E-state index contributed by atoms with van der Waals surface area (Å²) in [5, 5.41) is 3.24. The van der Waals surface area contributed by atoms with E-state index in [2.05, 4.69) is 15.1 Å². The van der Waals surface area contributed by atoms with Crippen LogP contribution in [0.5, 0.6) is 0 Å². The molecule has 0 spiro atoms. The highest BCUT2D eigenvalue weighted by Gasteiger charge is 2.05. The number of nitrogens with one attached hydrogen (secondary N) is 2. The van der Waals surface area contributed by atoms with E-state index in [0.29, 0.717) is 0 Å². The molecule has 0 aromatic heterocycles. The molecule has 1 aromatic rings. The predicted octanol–water partition coefficient (Wildman–Crippen LogP) is 1.80. The fourth-order valence-corrected chi connectivity index (χ4v) is 1.57. The first-order chi connectivity index (χ1) is 6.88. The van der Waals surface area contributed by atoms with Gasteiger partial charge in [-0.3, -0.25) is 9.83 Å². The van der Waals surface area contributed by atoms with Crippen molar-refractivity contribution in [1.82, 2.24) is 5.32 Å². The van der Waals surface area contributed by atoms with Gasteiger partial charge in [0.15, 0.2) is 0 Å². The van der Waals surface area contributed by atoms with E-state index in [4.69, 9.17) is 11.8 Å². The maximum absolute atomic E-state index is 5.46. The molecule has 0 unspecified atom stereocenters. The molecule has 0 bridgehead atoms. The second kappa shape index (κ2) is 4.33. The summed E-state index contributed by atoms with van der Waals surface area (Å²) < 4.78 is 0. The van der Waals surface area contributed by atoms with Crippen LogP contribution >= 0.6 is 11.8 Å².